The van der Waals surface area contributed by atoms with Crippen LogP contribution in [0.1, 0.15) is 19.8 Å². The van der Waals surface area contributed by atoms with Gasteiger partial charge in [-0.3, -0.25) is 0 Å². The first-order chi connectivity index (χ1) is 13.3. The summed E-state index contributed by atoms with van der Waals surface area (Å²) in [6.45, 7) is 2.57. The Labute approximate surface area is 163 Å². The van der Waals surface area contributed by atoms with Gasteiger partial charge in [-0.15, -0.1) is 11.3 Å². The molecule has 2 heterocycles. The van der Waals surface area contributed by atoms with Crippen molar-refractivity contribution in [3.8, 4) is 28.3 Å². The Hall–Kier alpha value is -2.44. The third-order valence-corrected chi connectivity index (χ3v) is 5.39. The van der Waals surface area contributed by atoms with Gasteiger partial charge in [-0.25, -0.2) is 9.97 Å². The minimum absolute atomic E-state index is 0.0672. The first kappa shape index (κ1) is 17.9. The second-order valence-corrected chi connectivity index (χ2v) is 7.43. The van der Waals surface area contributed by atoms with Crippen LogP contribution in [0.15, 0.2) is 48.0 Å². The van der Waals surface area contributed by atoms with Gasteiger partial charge in [0, 0.05) is 36.2 Å². The zero-order valence-corrected chi connectivity index (χ0v) is 16.3. The number of aromatic nitrogens is 2. The molecule has 0 bridgehead atoms. The zero-order valence-electron chi connectivity index (χ0n) is 15.5. The number of nitrogens with zero attached hydrogens (tertiary/aromatic N) is 2. The third-order valence-electron chi connectivity index (χ3n) is 4.62. The molecule has 1 aliphatic carbocycles. The largest absolute Gasteiger partial charge is 0.478 e. The van der Waals surface area contributed by atoms with E-state index < -0.39 is 0 Å². The van der Waals surface area contributed by atoms with Crippen LogP contribution < -0.4 is 10.1 Å². The Balaban J connectivity index is 1.48. The Morgan fingerprint density at radius 2 is 1.93 bits per heavy atom. The summed E-state index contributed by atoms with van der Waals surface area (Å²) in [5.74, 6) is 1.27. The molecule has 2 aromatic heterocycles. The number of rotatable bonds is 8. The van der Waals surface area contributed by atoms with Crippen LogP contribution in [-0.2, 0) is 4.74 Å². The summed E-state index contributed by atoms with van der Waals surface area (Å²) in [7, 11) is 1.75. The lowest BCUT2D eigenvalue weighted by Crippen LogP contribution is -2.23. The molecule has 1 aromatic carbocycles. The summed E-state index contributed by atoms with van der Waals surface area (Å²) >= 11 is 1.61. The number of hydrogen-bond acceptors (Lipinski definition) is 6. The van der Waals surface area contributed by atoms with Crippen LogP contribution in [-0.4, -0.2) is 29.9 Å². The minimum Gasteiger partial charge on any atom is -0.478 e. The lowest BCUT2D eigenvalue weighted by Gasteiger charge is -2.15. The standard InChI is InChI=1S/C21H23N3O2S/c1-3-26-19-12-17(10-11-22-19)14-4-6-15(7-5-14)18-13-27-21(23-18)24-20(25-2)16-8-9-16/h4-7,10-13,16,20H,3,8-9H2,1-2H3,(H,23,24). The Morgan fingerprint density at radius 1 is 1.15 bits per heavy atom. The number of benzene rings is 1. The Kier molecular flexibility index (Phi) is 5.36. The van der Waals surface area contributed by atoms with E-state index in [4.69, 9.17) is 14.5 Å². The molecule has 1 aliphatic rings. The van der Waals surface area contributed by atoms with Gasteiger partial charge in [0.15, 0.2) is 5.13 Å². The van der Waals surface area contributed by atoms with Gasteiger partial charge < -0.3 is 14.8 Å². The average Bonchev–Trinajstić information content (AvgIpc) is 3.45. The summed E-state index contributed by atoms with van der Waals surface area (Å²) in [5, 5.41) is 6.39. The number of hydrogen-bond donors (Lipinski definition) is 1. The third kappa shape index (κ3) is 4.28. The molecule has 3 aromatic rings. The van der Waals surface area contributed by atoms with Gasteiger partial charge in [0.2, 0.25) is 5.88 Å². The molecule has 4 rings (SSSR count). The van der Waals surface area contributed by atoms with Gasteiger partial charge in [-0.2, -0.15) is 0 Å². The number of anilines is 1. The molecule has 0 aliphatic heterocycles. The molecule has 0 amide bonds. The summed E-state index contributed by atoms with van der Waals surface area (Å²) < 4.78 is 11.0. The Bertz CT molecular complexity index is 890. The van der Waals surface area contributed by atoms with Crippen LogP contribution in [0.25, 0.3) is 22.4 Å². The highest BCUT2D eigenvalue weighted by Crippen LogP contribution is 2.35. The zero-order chi connectivity index (χ0) is 18.6. The van der Waals surface area contributed by atoms with Gasteiger partial charge in [0.25, 0.3) is 0 Å². The number of thiazole rings is 1. The quantitative estimate of drug-likeness (QED) is 0.552. The summed E-state index contributed by atoms with van der Waals surface area (Å²) in [4.78, 5) is 8.94. The predicted molar refractivity (Wildman–Crippen MR) is 109 cm³/mol. The fourth-order valence-corrected chi connectivity index (χ4v) is 3.76. The van der Waals surface area contributed by atoms with Crippen molar-refractivity contribution in [3.63, 3.8) is 0 Å². The maximum Gasteiger partial charge on any atom is 0.213 e. The molecule has 1 unspecified atom stereocenters. The van der Waals surface area contributed by atoms with Crippen LogP contribution in [0.3, 0.4) is 0 Å². The van der Waals surface area contributed by atoms with E-state index in [1.165, 1.54) is 12.8 Å². The van der Waals surface area contributed by atoms with Gasteiger partial charge in [-0.1, -0.05) is 24.3 Å². The minimum atomic E-state index is 0.0672. The normalized spacial score (nSPS) is 14.7. The van der Waals surface area contributed by atoms with E-state index in [1.54, 1.807) is 24.6 Å². The fourth-order valence-electron chi connectivity index (χ4n) is 3.01. The van der Waals surface area contributed by atoms with Gasteiger partial charge in [-0.05, 0) is 37.0 Å². The summed E-state index contributed by atoms with van der Waals surface area (Å²) in [6.07, 6.45) is 4.30. The second-order valence-electron chi connectivity index (χ2n) is 6.57. The van der Waals surface area contributed by atoms with E-state index in [9.17, 15) is 0 Å². The van der Waals surface area contributed by atoms with Crippen LogP contribution in [0.4, 0.5) is 5.13 Å². The average molecular weight is 382 g/mol. The second kappa shape index (κ2) is 8.06. The molecule has 1 fully saturated rings. The highest BCUT2D eigenvalue weighted by Gasteiger charge is 2.31. The molecular weight excluding hydrogens is 358 g/mol. The van der Waals surface area contributed by atoms with Crippen molar-refractivity contribution in [2.45, 2.75) is 26.0 Å². The molecule has 27 heavy (non-hydrogen) atoms. The molecule has 140 valence electrons. The van der Waals surface area contributed by atoms with Crippen LogP contribution in [0.5, 0.6) is 5.88 Å². The van der Waals surface area contributed by atoms with Crippen molar-refractivity contribution in [1.29, 1.82) is 0 Å². The molecule has 0 saturated heterocycles. The topological polar surface area (TPSA) is 56.3 Å². The maximum absolute atomic E-state index is 5.53. The molecule has 5 nitrogen and oxygen atoms in total. The molecular formula is C21H23N3O2S. The first-order valence-electron chi connectivity index (χ1n) is 9.21. The molecule has 1 atom stereocenters. The number of pyridine rings is 1. The van der Waals surface area contributed by atoms with E-state index in [1.807, 2.05) is 19.1 Å². The van der Waals surface area contributed by atoms with Crippen molar-refractivity contribution in [2.75, 3.05) is 19.0 Å². The van der Waals surface area contributed by atoms with Crippen molar-refractivity contribution in [2.24, 2.45) is 5.92 Å². The SMILES string of the molecule is CCOc1cc(-c2ccc(-c3csc(NC(OC)C4CC4)n3)cc2)ccn1. The van der Waals surface area contributed by atoms with Crippen molar-refractivity contribution >= 4 is 16.5 Å². The lowest BCUT2D eigenvalue weighted by molar-refractivity contribution is 0.107. The number of nitrogens with one attached hydrogen (secondary N) is 1. The Morgan fingerprint density at radius 3 is 2.63 bits per heavy atom. The highest BCUT2D eigenvalue weighted by atomic mass is 32.1. The van der Waals surface area contributed by atoms with Crippen LogP contribution >= 0.6 is 11.3 Å². The molecule has 1 N–H and O–H groups in total. The first-order valence-corrected chi connectivity index (χ1v) is 10.1. The van der Waals surface area contributed by atoms with Crippen molar-refractivity contribution < 1.29 is 9.47 Å². The van der Waals surface area contributed by atoms with E-state index in [2.05, 4.69) is 39.9 Å². The van der Waals surface area contributed by atoms with Crippen molar-refractivity contribution in [3.05, 3.63) is 48.0 Å². The van der Waals surface area contributed by atoms with Crippen LogP contribution in [0.2, 0.25) is 0 Å². The predicted octanol–water partition coefficient (Wildman–Crippen LogP) is 5.07. The summed E-state index contributed by atoms with van der Waals surface area (Å²) in [6, 6.07) is 12.4. The molecule has 0 spiro atoms. The highest BCUT2D eigenvalue weighted by molar-refractivity contribution is 7.14. The van der Waals surface area contributed by atoms with Gasteiger partial charge >= 0.3 is 0 Å². The van der Waals surface area contributed by atoms with Gasteiger partial charge in [0.1, 0.15) is 6.23 Å². The molecule has 0 radical (unpaired) electrons. The smallest absolute Gasteiger partial charge is 0.213 e. The van der Waals surface area contributed by atoms with E-state index in [0.717, 1.165) is 27.5 Å². The summed E-state index contributed by atoms with van der Waals surface area (Å²) in [5.41, 5.74) is 4.30. The maximum atomic E-state index is 5.53. The van der Waals surface area contributed by atoms with E-state index >= 15 is 0 Å². The monoisotopic (exact) mass is 381 g/mol. The molecule has 6 heteroatoms. The van der Waals surface area contributed by atoms with Crippen molar-refractivity contribution in [1.82, 2.24) is 9.97 Å². The van der Waals surface area contributed by atoms with E-state index in [-0.39, 0.29) is 6.23 Å². The van der Waals surface area contributed by atoms with Gasteiger partial charge in [0.05, 0.1) is 12.3 Å². The fraction of sp³-hybridized carbons (Fsp3) is 0.333. The van der Waals surface area contributed by atoms with E-state index in [0.29, 0.717) is 18.4 Å². The molecule has 1 saturated carbocycles. The van der Waals surface area contributed by atoms with Crippen LogP contribution in [0, 0.1) is 5.92 Å². The lowest BCUT2D eigenvalue weighted by atomic mass is 10.0. The number of methoxy groups -OCH3 is 1. The number of ether oxygens (including phenoxy) is 2.